The van der Waals surface area contributed by atoms with Crippen molar-refractivity contribution < 1.29 is 4.92 Å². The third-order valence-corrected chi connectivity index (χ3v) is 3.12. The number of unbranched alkanes of at least 4 members (excludes halogenated alkanes) is 1. The summed E-state index contributed by atoms with van der Waals surface area (Å²) in [5.74, 6) is 1.12. The molecule has 0 aliphatic heterocycles. The number of hydrogen-bond acceptors (Lipinski definition) is 5. The molecule has 0 aromatic heterocycles. The molecule has 0 fully saturated rings. The predicted octanol–water partition coefficient (Wildman–Crippen LogP) is 3.02. The molecule has 0 amide bonds. The third-order valence-electron chi connectivity index (χ3n) is 2.43. The van der Waals surface area contributed by atoms with Gasteiger partial charge in [-0.15, -0.1) is 0 Å². The van der Waals surface area contributed by atoms with E-state index in [1.54, 1.807) is 17.8 Å². The van der Waals surface area contributed by atoms with Gasteiger partial charge in [0.15, 0.2) is 0 Å². The van der Waals surface area contributed by atoms with Crippen molar-refractivity contribution in [2.75, 3.05) is 23.9 Å². The number of nitro benzene ring substituents is 1. The SMILES string of the molecule is CSCCCCNc1ccc([N+](=O)[O-])cc1C#N. The molecule has 0 atom stereocenters. The van der Waals surface area contributed by atoms with Crippen molar-refractivity contribution in [2.45, 2.75) is 12.8 Å². The largest absolute Gasteiger partial charge is 0.384 e. The van der Waals surface area contributed by atoms with E-state index in [-0.39, 0.29) is 5.69 Å². The molecule has 5 nitrogen and oxygen atoms in total. The van der Waals surface area contributed by atoms with Crippen LogP contribution in [0, 0.1) is 21.4 Å². The zero-order chi connectivity index (χ0) is 13.4. The van der Waals surface area contributed by atoms with Crippen molar-refractivity contribution in [3.63, 3.8) is 0 Å². The summed E-state index contributed by atoms with van der Waals surface area (Å²) in [4.78, 5) is 10.1. The van der Waals surface area contributed by atoms with E-state index in [1.165, 1.54) is 12.1 Å². The minimum Gasteiger partial charge on any atom is -0.384 e. The van der Waals surface area contributed by atoms with Gasteiger partial charge in [-0.2, -0.15) is 17.0 Å². The van der Waals surface area contributed by atoms with Crippen LogP contribution < -0.4 is 5.32 Å². The minimum absolute atomic E-state index is 0.0560. The molecule has 0 radical (unpaired) electrons. The van der Waals surface area contributed by atoms with Crippen molar-refractivity contribution in [1.82, 2.24) is 0 Å². The van der Waals surface area contributed by atoms with Gasteiger partial charge in [-0.25, -0.2) is 0 Å². The second-order valence-electron chi connectivity index (χ2n) is 3.73. The number of benzene rings is 1. The average Bonchev–Trinajstić information content (AvgIpc) is 2.38. The first-order valence-electron chi connectivity index (χ1n) is 5.60. The van der Waals surface area contributed by atoms with E-state index in [0.29, 0.717) is 11.3 Å². The Morgan fingerprint density at radius 2 is 2.28 bits per heavy atom. The van der Waals surface area contributed by atoms with Gasteiger partial charge in [-0.3, -0.25) is 10.1 Å². The van der Waals surface area contributed by atoms with Crippen molar-refractivity contribution in [3.05, 3.63) is 33.9 Å². The van der Waals surface area contributed by atoms with Gasteiger partial charge < -0.3 is 5.32 Å². The van der Waals surface area contributed by atoms with Gasteiger partial charge in [-0.1, -0.05) is 0 Å². The Bertz CT molecular complexity index is 457. The van der Waals surface area contributed by atoms with Crippen LogP contribution >= 0.6 is 11.8 Å². The van der Waals surface area contributed by atoms with E-state index in [2.05, 4.69) is 11.6 Å². The van der Waals surface area contributed by atoms with Gasteiger partial charge in [0.1, 0.15) is 6.07 Å². The molecule has 1 aromatic carbocycles. The normalized spacial score (nSPS) is 9.78. The van der Waals surface area contributed by atoms with Crippen LogP contribution in [0.5, 0.6) is 0 Å². The molecule has 96 valence electrons. The maximum absolute atomic E-state index is 10.6. The van der Waals surface area contributed by atoms with Gasteiger partial charge in [0.25, 0.3) is 5.69 Å². The number of thioether (sulfide) groups is 1. The highest BCUT2D eigenvalue weighted by atomic mass is 32.2. The maximum Gasteiger partial charge on any atom is 0.270 e. The second kappa shape index (κ2) is 7.56. The summed E-state index contributed by atoms with van der Waals surface area (Å²) in [7, 11) is 0. The number of nitrogens with one attached hydrogen (secondary N) is 1. The Morgan fingerprint density at radius 1 is 1.50 bits per heavy atom. The van der Waals surface area contributed by atoms with Gasteiger partial charge in [0.2, 0.25) is 0 Å². The highest BCUT2D eigenvalue weighted by Crippen LogP contribution is 2.21. The molecule has 1 N–H and O–H groups in total. The Balaban J connectivity index is 2.61. The third kappa shape index (κ3) is 4.26. The smallest absolute Gasteiger partial charge is 0.270 e. The molecule has 0 spiro atoms. The summed E-state index contributed by atoms with van der Waals surface area (Å²) >= 11 is 1.81. The monoisotopic (exact) mass is 265 g/mol. The fourth-order valence-corrected chi connectivity index (χ4v) is 1.98. The lowest BCUT2D eigenvalue weighted by molar-refractivity contribution is -0.384. The van der Waals surface area contributed by atoms with E-state index in [9.17, 15) is 10.1 Å². The van der Waals surface area contributed by atoms with Gasteiger partial charge in [0, 0.05) is 18.7 Å². The Kier molecular flexibility index (Phi) is 6.01. The summed E-state index contributed by atoms with van der Waals surface area (Å²) in [5.41, 5.74) is 0.917. The summed E-state index contributed by atoms with van der Waals surface area (Å²) in [6, 6.07) is 6.26. The minimum atomic E-state index is -0.497. The van der Waals surface area contributed by atoms with E-state index in [4.69, 9.17) is 5.26 Å². The summed E-state index contributed by atoms with van der Waals surface area (Å²) in [6.07, 6.45) is 4.20. The predicted molar refractivity (Wildman–Crippen MR) is 73.9 cm³/mol. The highest BCUT2D eigenvalue weighted by molar-refractivity contribution is 7.98. The van der Waals surface area contributed by atoms with E-state index in [0.717, 1.165) is 25.1 Å². The van der Waals surface area contributed by atoms with Crippen LogP contribution in [0.2, 0.25) is 0 Å². The standard InChI is InChI=1S/C12H15N3O2S/c1-18-7-3-2-6-14-12-5-4-11(15(16)17)8-10(12)9-13/h4-5,8,14H,2-3,6-7H2,1H3. The van der Waals surface area contributed by atoms with Gasteiger partial charge >= 0.3 is 0 Å². The molecular formula is C12H15N3O2S. The van der Waals surface area contributed by atoms with Crippen molar-refractivity contribution in [3.8, 4) is 6.07 Å². The first kappa shape index (κ1) is 14.3. The summed E-state index contributed by atoms with van der Waals surface area (Å²) < 4.78 is 0. The van der Waals surface area contributed by atoms with Crippen molar-refractivity contribution in [2.24, 2.45) is 0 Å². The van der Waals surface area contributed by atoms with Crippen LogP contribution in [0.25, 0.3) is 0 Å². The Morgan fingerprint density at radius 3 is 2.89 bits per heavy atom. The van der Waals surface area contributed by atoms with Crippen LogP contribution in [0.15, 0.2) is 18.2 Å². The molecule has 1 aromatic rings. The molecule has 1 rings (SSSR count). The first-order chi connectivity index (χ1) is 8.69. The fraction of sp³-hybridized carbons (Fsp3) is 0.417. The molecule has 0 saturated heterocycles. The van der Waals surface area contributed by atoms with Crippen LogP contribution in [0.3, 0.4) is 0 Å². The topological polar surface area (TPSA) is 79.0 Å². The van der Waals surface area contributed by atoms with E-state index < -0.39 is 4.92 Å². The number of hydrogen-bond donors (Lipinski definition) is 1. The fourth-order valence-electron chi connectivity index (χ4n) is 1.49. The number of anilines is 1. The molecule has 0 aliphatic carbocycles. The van der Waals surface area contributed by atoms with Crippen LogP contribution in [-0.2, 0) is 0 Å². The quantitative estimate of drug-likeness (QED) is 0.465. The summed E-state index contributed by atoms with van der Waals surface area (Å²) in [5, 5.41) is 22.7. The zero-order valence-electron chi connectivity index (χ0n) is 10.2. The number of rotatable bonds is 7. The molecule has 0 bridgehead atoms. The maximum atomic E-state index is 10.6. The lowest BCUT2D eigenvalue weighted by Gasteiger charge is -2.07. The van der Waals surface area contributed by atoms with E-state index >= 15 is 0 Å². The lowest BCUT2D eigenvalue weighted by atomic mass is 10.1. The number of nitriles is 1. The second-order valence-corrected chi connectivity index (χ2v) is 4.71. The molecule has 18 heavy (non-hydrogen) atoms. The first-order valence-corrected chi connectivity index (χ1v) is 6.99. The van der Waals surface area contributed by atoms with Gasteiger partial charge in [0.05, 0.1) is 16.2 Å². The number of non-ortho nitro benzene ring substituents is 1. The zero-order valence-corrected chi connectivity index (χ0v) is 11.0. The lowest BCUT2D eigenvalue weighted by Crippen LogP contribution is -2.04. The van der Waals surface area contributed by atoms with Crippen LogP contribution in [0.1, 0.15) is 18.4 Å². The van der Waals surface area contributed by atoms with Crippen LogP contribution in [-0.4, -0.2) is 23.5 Å². The summed E-state index contributed by atoms with van der Waals surface area (Å²) in [6.45, 7) is 0.771. The van der Waals surface area contributed by atoms with Crippen LogP contribution in [0.4, 0.5) is 11.4 Å². The average molecular weight is 265 g/mol. The Labute approximate surface area is 110 Å². The molecule has 0 saturated carbocycles. The highest BCUT2D eigenvalue weighted by Gasteiger charge is 2.09. The van der Waals surface area contributed by atoms with Crippen molar-refractivity contribution in [1.29, 1.82) is 5.26 Å². The molecule has 6 heteroatoms. The Hall–Kier alpha value is -1.74. The molecule has 0 unspecified atom stereocenters. The molecule has 0 heterocycles. The number of nitrogens with zero attached hydrogens (tertiary/aromatic N) is 2. The van der Waals surface area contributed by atoms with Gasteiger partial charge in [-0.05, 0) is 30.9 Å². The number of nitro groups is 1. The van der Waals surface area contributed by atoms with E-state index in [1.807, 2.05) is 6.07 Å². The van der Waals surface area contributed by atoms with Crippen molar-refractivity contribution >= 4 is 23.1 Å². The molecular weight excluding hydrogens is 250 g/mol. The molecule has 0 aliphatic rings.